The van der Waals surface area contributed by atoms with Crippen LogP contribution in [-0.4, -0.2) is 39.6 Å². The Labute approximate surface area is 158 Å². The first-order chi connectivity index (χ1) is 12.0. The van der Waals surface area contributed by atoms with Crippen LogP contribution >= 0.6 is 34.9 Å². The van der Waals surface area contributed by atoms with E-state index in [9.17, 15) is 9.59 Å². The number of aryl methyl sites for hydroxylation is 1. The van der Waals surface area contributed by atoms with Gasteiger partial charge in [0.05, 0.1) is 11.5 Å². The predicted octanol–water partition coefficient (Wildman–Crippen LogP) is 2.58. The number of nitrogens with two attached hydrogens (primary N) is 1. The van der Waals surface area contributed by atoms with Gasteiger partial charge in [0.2, 0.25) is 11.8 Å². The fourth-order valence-electron chi connectivity index (χ4n) is 2.71. The van der Waals surface area contributed by atoms with Gasteiger partial charge in [0.15, 0.2) is 8.68 Å². The minimum atomic E-state index is -0.387. The first-order valence-electron chi connectivity index (χ1n) is 7.82. The Hall–Kier alpha value is -1.58. The Kier molecular flexibility index (Phi) is 5.98. The van der Waals surface area contributed by atoms with Gasteiger partial charge >= 0.3 is 0 Å². The maximum absolute atomic E-state index is 12.8. The highest BCUT2D eigenvalue weighted by atomic mass is 32.2. The van der Waals surface area contributed by atoms with E-state index in [1.54, 1.807) is 0 Å². The third-order valence-electron chi connectivity index (χ3n) is 3.84. The lowest BCUT2D eigenvalue weighted by atomic mass is 9.97. The zero-order valence-corrected chi connectivity index (χ0v) is 16.1. The van der Waals surface area contributed by atoms with Crippen molar-refractivity contribution < 1.29 is 9.59 Å². The van der Waals surface area contributed by atoms with E-state index < -0.39 is 0 Å². The second-order valence-corrected chi connectivity index (χ2v) is 9.08. The highest BCUT2D eigenvalue weighted by molar-refractivity contribution is 8.03. The Morgan fingerprint density at radius 1 is 1.24 bits per heavy atom. The van der Waals surface area contributed by atoms with Crippen LogP contribution in [0.1, 0.15) is 18.9 Å². The van der Waals surface area contributed by atoms with Gasteiger partial charge in [-0.05, 0) is 31.4 Å². The molecular weight excluding hydrogens is 376 g/mol. The van der Waals surface area contributed by atoms with Crippen LogP contribution in [0.15, 0.2) is 32.9 Å². The van der Waals surface area contributed by atoms with Crippen molar-refractivity contribution in [1.29, 1.82) is 0 Å². The van der Waals surface area contributed by atoms with Crippen LogP contribution in [0.3, 0.4) is 0 Å². The van der Waals surface area contributed by atoms with Crippen LogP contribution in [0.4, 0.5) is 5.69 Å². The number of anilines is 1. The maximum Gasteiger partial charge on any atom is 0.237 e. The lowest BCUT2D eigenvalue weighted by Gasteiger charge is -2.35. The number of fused-ring (bicyclic) bond motifs is 1. The summed E-state index contributed by atoms with van der Waals surface area (Å²) in [5.41, 5.74) is 7.36. The van der Waals surface area contributed by atoms with Gasteiger partial charge in [-0.2, -0.15) is 0 Å². The van der Waals surface area contributed by atoms with E-state index >= 15 is 0 Å². The first kappa shape index (κ1) is 18.2. The number of amides is 2. The van der Waals surface area contributed by atoms with E-state index in [1.807, 2.05) is 23.1 Å². The van der Waals surface area contributed by atoms with Gasteiger partial charge in [-0.3, -0.25) is 9.59 Å². The molecule has 0 fully saturated rings. The van der Waals surface area contributed by atoms with Crippen LogP contribution < -0.4 is 10.6 Å². The van der Waals surface area contributed by atoms with E-state index in [2.05, 4.69) is 23.2 Å². The molecule has 2 amide bonds. The van der Waals surface area contributed by atoms with E-state index in [4.69, 9.17) is 5.73 Å². The molecule has 1 atom stereocenters. The van der Waals surface area contributed by atoms with Crippen LogP contribution in [0, 0.1) is 0 Å². The summed E-state index contributed by atoms with van der Waals surface area (Å²) in [6.07, 6.45) is 1.98. The van der Waals surface area contributed by atoms with E-state index in [0.717, 1.165) is 22.9 Å². The second-order valence-electron chi connectivity index (χ2n) is 5.66. The average Bonchev–Trinajstić information content (AvgIpc) is 3.06. The number of nitrogens with zero attached hydrogens (tertiary/aromatic N) is 3. The van der Waals surface area contributed by atoms with Crippen molar-refractivity contribution in [2.75, 3.05) is 16.4 Å². The van der Waals surface area contributed by atoms with Gasteiger partial charge < -0.3 is 10.6 Å². The van der Waals surface area contributed by atoms with Gasteiger partial charge in [-0.15, -0.1) is 10.2 Å². The van der Waals surface area contributed by atoms with E-state index in [1.165, 1.54) is 40.4 Å². The zero-order valence-electron chi connectivity index (χ0n) is 13.7. The van der Waals surface area contributed by atoms with Crippen molar-refractivity contribution in [1.82, 2.24) is 10.2 Å². The molecule has 2 aromatic rings. The Bertz CT molecular complexity index is 780. The number of para-hydroxylation sites is 1. The van der Waals surface area contributed by atoms with Gasteiger partial charge in [-0.1, -0.05) is 53.1 Å². The van der Waals surface area contributed by atoms with Crippen LogP contribution in [-0.2, 0) is 16.0 Å². The molecule has 25 heavy (non-hydrogen) atoms. The first-order valence-corrected chi connectivity index (χ1v) is 10.6. The topological polar surface area (TPSA) is 89.2 Å². The molecule has 0 saturated carbocycles. The highest BCUT2D eigenvalue weighted by Crippen LogP contribution is 2.33. The molecule has 132 valence electrons. The molecule has 9 heteroatoms. The standard InChI is InChI=1S/C16H18N4O2S3/c1-10-6-7-11-4-2-3-5-12(11)20(10)14(22)9-24-16-19-18-15(25-16)23-8-13(17)21/h2-5,10H,6-9H2,1H3,(H2,17,21)/t10-/m1/s1. The third kappa shape index (κ3) is 4.53. The van der Waals surface area contributed by atoms with Crippen molar-refractivity contribution in [3.05, 3.63) is 29.8 Å². The molecule has 0 saturated heterocycles. The number of hydrogen-bond acceptors (Lipinski definition) is 7. The van der Waals surface area contributed by atoms with E-state index in [-0.39, 0.29) is 23.6 Å². The molecule has 2 heterocycles. The number of rotatable bonds is 6. The number of aromatic nitrogens is 2. The van der Waals surface area contributed by atoms with Crippen molar-refractivity contribution in [3.63, 3.8) is 0 Å². The third-order valence-corrected chi connectivity index (χ3v) is 7.03. The molecule has 6 nitrogen and oxygen atoms in total. The summed E-state index contributed by atoms with van der Waals surface area (Å²) in [4.78, 5) is 25.5. The zero-order chi connectivity index (χ0) is 17.8. The Balaban J connectivity index is 1.62. The Morgan fingerprint density at radius 3 is 2.64 bits per heavy atom. The van der Waals surface area contributed by atoms with Crippen molar-refractivity contribution in [3.8, 4) is 0 Å². The molecule has 1 aliphatic rings. The van der Waals surface area contributed by atoms with Gasteiger partial charge in [-0.25, -0.2) is 0 Å². The predicted molar refractivity (Wildman–Crippen MR) is 102 cm³/mol. The largest absolute Gasteiger partial charge is 0.369 e. The van der Waals surface area contributed by atoms with Gasteiger partial charge in [0.1, 0.15) is 0 Å². The second kappa shape index (κ2) is 8.20. The molecule has 0 spiro atoms. The number of carbonyl (C=O) groups excluding carboxylic acids is 2. The fourth-order valence-corrected chi connectivity index (χ4v) is 5.33. The number of carbonyl (C=O) groups is 2. The van der Waals surface area contributed by atoms with Crippen molar-refractivity contribution >= 4 is 52.4 Å². The monoisotopic (exact) mass is 394 g/mol. The molecule has 2 N–H and O–H groups in total. The molecule has 1 aromatic carbocycles. The quantitative estimate of drug-likeness (QED) is 0.758. The minimum Gasteiger partial charge on any atom is -0.369 e. The van der Waals surface area contributed by atoms with Crippen molar-refractivity contribution in [2.24, 2.45) is 5.73 Å². The molecule has 1 aliphatic heterocycles. The highest BCUT2D eigenvalue weighted by Gasteiger charge is 2.28. The van der Waals surface area contributed by atoms with E-state index in [0.29, 0.717) is 10.1 Å². The number of thioether (sulfide) groups is 2. The molecule has 1 aromatic heterocycles. The number of hydrogen-bond donors (Lipinski definition) is 1. The smallest absolute Gasteiger partial charge is 0.237 e. The van der Waals surface area contributed by atoms with Gasteiger partial charge in [0.25, 0.3) is 0 Å². The number of primary amides is 1. The summed E-state index contributed by atoms with van der Waals surface area (Å²) in [7, 11) is 0. The molecule has 3 rings (SSSR count). The normalized spacial score (nSPS) is 16.5. The summed E-state index contributed by atoms with van der Waals surface area (Å²) in [6, 6.07) is 8.27. The SMILES string of the molecule is C[C@@H]1CCc2ccccc2N1C(=O)CSc1nnc(SCC(N)=O)s1. The summed E-state index contributed by atoms with van der Waals surface area (Å²) in [5.74, 6) is 0.183. The average molecular weight is 395 g/mol. The van der Waals surface area contributed by atoms with Crippen LogP contribution in [0.5, 0.6) is 0 Å². The summed E-state index contributed by atoms with van der Waals surface area (Å²) in [5, 5.41) is 8.07. The van der Waals surface area contributed by atoms with Crippen LogP contribution in [0.25, 0.3) is 0 Å². The fraction of sp³-hybridized carbons (Fsp3) is 0.375. The lowest BCUT2D eigenvalue weighted by molar-refractivity contribution is -0.117. The summed E-state index contributed by atoms with van der Waals surface area (Å²) >= 11 is 4.02. The number of benzene rings is 1. The minimum absolute atomic E-state index is 0.0752. The summed E-state index contributed by atoms with van der Waals surface area (Å²) < 4.78 is 1.41. The van der Waals surface area contributed by atoms with Crippen molar-refractivity contribution in [2.45, 2.75) is 34.5 Å². The lowest BCUT2D eigenvalue weighted by Crippen LogP contribution is -2.43. The molecule has 0 aliphatic carbocycles. The summed E-state index contributed by atoms with van der Waals surface area (Å²) in [6.45, 7) is 2.09. The molecular formula is C16H18N4O2S3. The van der Waals surface area contributed by atoms with Crippen LogP contribution in [0.2, 0.25) is 0 Å². The molecule has 0 unspecified atom stereocenters. The molecule has 0 radical (unpaired) electrons. The molecule has 0 bridgehead atoms. The Morgan fingerprint density at radius 2 is 1.92 bits per heavy atom. The van der Waals surface area contributed by atoms with Gasteiger partial charge in [0, 0.05) is 11.7 Å². The maximum atomic E-state index is 12.8.